The zero-order valence-corrected chi connectivity index (χ0v) is 12.7. The molecule has 104 valence electrons. The van der Waals surface area contributed by atoms with Crippen molar-refractivity contribution >= 4 is 16.3 Å². The Morgan fingerprint density at radius 1 is 1.30 bits per heavy atom. The summed E-state index contributed by atoms with van der Waals surface area (Å²) in [7, 11) is 2.03. The molecule has 0 aliphatic rings. The summed E-state index contributed by atoms with van der Waals surface area (Å²) in [6.45, 7) is 2.18. The molecule has 0 bridgehead atoms. The molecule has 1 N–H and O–H groups in total. The molecule has 3 nitrogen and oxygen atoms in total. The molecule has 20 heavy (non-hydrogen) atoms. The van der Waals surface area contributed by atoms with Gasteiger partial charge in [-0.2, -0.15) is 0 Å². The Hall–Kier alpha value is -1.65. The van der Waals surface area contributed by atoms with Gasteiger partial charge in [-0.05, 0) is 31.5 Å². The SMILES string of the molecule is CNC(Cc1cn2ccsc2n1)Cc1ccccc1C. The highest BCUT2D eigenvalue weighted by Gasteiger charge is 2.12. The number of nitrogens with zero attached hydrogens (tertiary/aromatic N) is 2. The Morgan fingerprint density at radius 3 is 2.90 bits per heavy atom. The summed E-state index contributed by atoms with van der Waals surface area (Å²) in [5.41, 5.74) is 3.93. The molecule has 0 spiro atoms. The fourth-order valence-corrected chi connectivity index (χ4v) is 3.23. The maximum Gasteiger partial charge on any atom is 0.193 e. The number of fused-ring (bicyclic) bond motifs is 1. The summed E-state index contributed by atoms with van der Waals surface area (Å²) in [4.78, 5) is 5.74. The maximum absolute atomic E-state index is 4.67. The van der Waals surface area contributed by atoms with Crippen molar-refractivity contribution in [2.45, 2.75) is 25.8 Å². The lowest BCUT2D eigenvalue weighted by molar-refractivity contribution is 0.550. The van der Waals surface area contributed by atoms with E-state index in [0.29, 0.717) is 6.04 Å². The minimum Gasteiger partial charge on any atom is -0.316 e. The second-order valence-electron chi connectivity index (χ2n) is 5.15. The van der Waals surface area contributed by atoms with Crippen LogP contribution in [0.25, 0.3) is 4.96 Å². The highest BCUT2D eigenvalue weighted by atomic mass is 32.1. The van der Waals surface area contributed by atoms with Gasteiger partial charge in [0.15, 0.2) is 4.96 Å². The van der Waals surface area contributed by atoms with Gasteiger partial charge in [0.1, 0.15) is 0 Å². The van der Waals surface area contributed by atoms with Crippen molar-refractivity contribution in [1.82, 2.24) is 14.7 Å². The molecule has 0 amide bonds. The minimum absolute atomic E-state index is 0.417. The number of hydrogen-bond donors (Lipinski definition) is 1. The van der Waals surface area contributed by atoms with Crippen molar-refractivity contribution in [2.75, 3.05) is 7.05 Å². The number of rotatable bonds is 5. The Balaban J connectivity index is 1.74. The summed E-state index contributed by atoms with van der Waals surface area (Å²) in [6, 6.07) is 9.01. The number of thiazole rings is 1. The molecule has 0 radical (unpaired) electrons. The summed E-state index contributed by atoms with van der Waals surface area (Å²) >= 11 is 1.68. The Bertz CT molecular complexity index is 670. The van der Waals surface area contributed by atoms with Crippen LogP contribution in [0, 0.1) is 6.92 Å². The first kappa shape index (κ1) is 13.3. The molecule has 1 atom stereocenters. The fraction of sp³-hybridized carbons (Fsp3) is 0.312. The minimum atomic E-state index is 0.417. The zero-order valence-electron chi connectivity index (χ0n) is 11.8. The van der Waals surface area contributed by atoms with E-state index in [-0.39, 0.29) is 0 Å². The predicted octanol–water partition coefficient (Wildman–Crippen LogP) is 3.08. The molecule has 0 saturated heterocycles. The largest absolute Gasteiger partial charge is 0.316 e. The van der Waals surface area contributed by atoms with Crippen LogP contribution in [0.15, 0.2) is 42.0 Å². The van der Waals surface area contributed by atoms with Gasteiger partial charge < -0.3 is 5.32 Å². The van der Waals surface area contributed by atoms with Gasteiger partial charge >= 0.3 is 0 Å². The molecule has 0 saturated carbocycles. The van der Waals surface area contributed by atoms with Crippen LogP contribution in [0.1, 0.15) is 16.8 Å². The van der Waals surface area contributed by atoms with E-state index >= 15 is 0 Å². The molecule has 3 aromatic rings. The quantitative estimate of drug-likeness (QED) is 0.780. The van der Waals surface area contributed by atoms with E-state index < -0.39 is 0 Å². The zero-order chi connectivity index (χ0) is 13.9. The topological polar surface area (TPSA) is 29.3 Å². The monoisotopic (exact) mass is 285 g/mol. The number of benzene rings is 1. The lowest BCUT2D eigenvalue weighted by Gasteiger charge is -2.16. The van der Waals surface area contributed by atoms with Crippen molar-refractivity contribution in [2.24, 2.45) is 0 Å². The van der Waals surface area contributed by atoms with E-state index in [9.17, 15) is 0 Å². The molecule has 4 heteroatoms. The molecule has 0 fully saturated rings. The van der Waals surface area contributed by atoms with E-state index in [1.54, 1.807) is 11.3 Å². The Kier molecular flexibility index (Phi) is 3.85. The second-order valence-corrected chi connectivity index (χ2v) is 6.02. The summed E-state index contributed by atoms with van der Waals surface area (Å²) in [5, 5.41) is 5.48. The molecule has 0 aliphatic heterocycles. The first-order chi connectivity index (χ1) is 9.76. The Morgan fingerprint density at radius 2 is 2.15 bits per heavy atom. The van der Waals surface area contributed by atoms with Crippen LogP contribution in [-0.2, 0) is 12.8 Å². The maximum atomic E-state index is 4.67. The van der Waals surface area contributed by atoms with E-state index in [4.69, 9.17) is 0 Å². The normalized spacial score (nSPS) is 12.9. The van der Waals surface area contributed by atoms with E-state index in [0.717, 1.165) is 23.5 Å². The van der Waals surface area contributed by atoms with E-state index in [2.05, 4.69) is 63.7 Å². The molecular formula is C16H19N3S. The lowest BCUT2D eigenvalue weighted by atomic mass is 9.98. The summed E-state index contributed by atoms with van der Waals surface area (Å²) < 4.78 is 2.10. The van der Waals surface area contributed by atoms with Gasteiger partial charge in [-0.25, -0.2) is 4.98 Å². The van der Waals surface area contributed by atoms with Gasteiger partial charge in [0.05, 0.1) is 5.69 Å². The molecule has 2 heterocycles. The van der Waals surface area contributed by atoms with Crippen LogP contribution in [-0.4, -0.2) is 22.5 Å². The predicted molar refractivity (Wildman–Crippen MR) is 84.5 cm³/mol. The van der Waals surface area contributed by atoms with Gasteiger partial charge in [0.2, 0.25) is 0 Å². The van der Waals surface area contributed by atoms with Crippen molar-refractivity contribution < 1.29 is 0 Å². The fourth-order valence-electron chi connectivity index (χ4n) is 2.51. The van der Waals surface area contributed by atoms with E-state index in [1.807, 2.05) is 7.05 Å². The number of nitrogens with one attached hydrogen (secondary N) is 1. The highest BCUT2D eigenvalue weighted by Crippen LogP contribution is 2.15. The van der Waals surface area contributed by atoms with Crippen molar-refractivity contribution in [3.05, 3.63) is 58.9 Å². The third-order valence-electron chi connectivity index (χ3n) is 3.73. The highest BCUT2D eigenvalue weighted by molar-refractivity contribution is 7.15. The number of aryl methyl sites for hydroxylation is 1. The van der Waals surface area contributed by atoms with Gasteiger partial charge in [-0.3, -0.25) is 4.40 Å². The van der Waals surface area contributed by atoms with Crippen molar-refractivity contribution in [3.63, 3.8) is 0 Å². The van der Waals surface area contributed by atoms with Crippen molar-refractivity contribution in [1.29, 1.82) is 0 Å². The molecule has 3 rings (SSSR count). The van der Waals surface area contributed by atoms with Crippen LogP contribution in [0.2, 0.25) is 0 Å². The van der Waals surface area contributed by atoms with Crippen LogP contribution >= 0.6 is 11.3 Å². The Labute approximate surface area is 123 Å². The van der Waals surface area contributed by atoms with Crippen molar-refractivity contribution in [3.8, 4) is 0 Å². The van der Waals surface area contributed by atoms with Crippen LogP contribution in [0.3, 0.4) is 0 Å². The molecule has 2 aromatic heterocycles. The average molecular weight is 285 g/mol. The van der Waals surface area contributed by atoms with Crippen LogP contribution in [0.4, 0.5) is 0 Å². The number of imidazole rings is 1. The summed E-state index contributed by atoms with van der Waals surface area (Å²) in [6.07, 6.45) is 6.19. The average Bonchev–Trinajstić information content (AvgIpc) is 3.01. The van der Waals surface area contributed by atoms with Gasteiger partial charge in [-0.15, -0.1) is 11.3 Å². The molecule has 1 unspecified atom stereocenters. The summed E-state index contributed by atoms with van der Waals surface area (Å²) in [5.74, 6) is 0. The first-order valence-corrected chi connectivity index (χ1v) is 7.77. The number of hydrogen-bond acceptors (Lipinski definition) is 3. The van der Waals surface area contributed by atoms with Gasteiger partial charge in [0, 0.05) is 30.2 Å². The second kappa shape index (κ2) is 5.77. The first-order valence-electron chi connectivity index (χ1n) is 6.89. The van der Waals surface area contributed by atoms with Gasteiger partial charge in [-0.1, -0.05) is 24.3 Å². The van der Waals surface area contributed by atoms with Crippen LogP contribution in [0.5, 0.6) is 0 Å². The van der Waals surface area contributed by atoms with Crippen LogP contribution < -0.4 is 5.32 Å². The van der Waals surface area contributed by atoms with Gasteiger partial charge in [0.25, 0.3) is 0 Å². The lowest BCUT2D eigenvalue weighted by Crippen LogP contribution is -2.30. The van der Waals surface area contributed by atoms with E-state index in [1.165, 1.54) is 11.1 Å². The number of likely N-dealkylation sites (N-methyl/N-ethyl adjacent to an activating group) is 1. The number of aromatic nitrogens is 2. The smallest absolute Gasteiger partial charge is 0.193 e. The molecule has 1 aromatic carbocycles. The molecule has 0 aliphatic carbocycles. The third-order valence-corrected chi connectivity index (χ3v) is 4.51. The third kappa shape index (κ3) is 2.76. The molecular weight excluding hydrogens is 266 g/mol. The standard InChI is InChI=1S/C16H19N3S/c1-12-5-3-4-6-13(12)9-14(17-2)10-15-11-19-7-8-20-16(19)18-15/h3-8,11,14,17H,9-10H2,1-2H3.